The van der Waals surface area contributed by atoms with Crippen LogP contribution in [-0.4, -0.2) is 33.1 Å². The zero-order chi connectivity index (χ0) is 23.6. The number of rotatable bonds is 8. The van der Waals surface area contributed by atoms with E-state index >= 15 is 0 Å². The summed E-state index contributed by atoms with van der Waals surface area (Å²) in [7, 11) is -3.60. The SMILES string of the molecule is O=S(=O)(NCCOc1ccc2c(c1)[C@H](C1(c3ccc(Cl)cc3)CCC1)NCC2)c1cccnc1. The van der Waals surface area contributed by atoms with E-state index in [4.69, 9.17) is 16.3 Å². The Kier molecular flexibility index (Phi) is 6.62. The van der Waals surface area contributed by atoms with Gasteiger partial charge in [0.05, 0.1) is 0 Å². The van der Waals surface area contributed by atoms with Crippen molar-refractivity contribution >= 4 is 21.6 Å². The van der Waals surface area contributed by atoms with Gasteiger partial charge in [0.2, 0.25) is 10.0 Å². The van der Waals surface area contributed by atoms with Crippen LogP contribution in [0.25, 0.3) is 0 Å². The molecule has 1 aromatic heterocycles. The van der Waals surface area contributed by atoms with Crippen molar-refractivity contribution in [1.29, 1.82) is 0 Å². The van der Waals surface area contributed by atoms with Crippen molar-refractivity contribution in [2.75, 3.05) is 19.7 Å². The molecule has 1 fully saturated rings. The fourth-order valence-electron chi connectivity index (χ4n) is 5.13. The molecular formula is C26H28ClN3O3S. The van der Waals surface area contributed by atoms with Gasteiger partial charge in [0, 0.05) is 35.4 Å². The highest BCUT2D eigenvalue weighted by Crippen LogP contribution is 2.53. The molecule has 178 valence electrons. The molecule has 2 heterocycles. The highest BCUT2D eigenvalue weighted by Gasteiger charge is 2.47. The number of benzene rings is 2. The number of pyridine rings is 1. The van der Waals surface area contributed by atoms with E-state index in [0.717, 1.165) is 36.6 Å². The van der Waals surface area contributed by atoms with Crippen LogP contribution in [0, 0.1) is 0 Å². The van der Waals surface area contributed by atoms with Crippen LogP contribution in [0.4, 0.5) is 0 Å². The minimum absolute atomic E-state index is 0.0533. The van der Waals surface area contributed by atoms with Gasteiger partial charge in [-0.05, 0) is 78.9 Å². The van der Waals surface area contributed by atoms with Gasteiger partial charge in [-0.3, -0.25) is 4.98 Å². The van der Waals surface area contributed by atoms with Gasteiger partial charge in [-0.25, -0.2) is 13.1 Å². The minimum atomic E-state index is -3.60. The molecule has 8 heteroatoms. The molecule has 34 heavy (non-hydrogen) atoms. The van der Waals surface area contributed by atoms with E-state index in [9.17, 15) is 8.42 Å². The number of hydrogen-bond donors (Lipinski definition) is 2. The molecule has 1 aliphatic heterocycles. The van der Waals surface area contributed by atoms with Crippen molar-refractivity contribution < 1.29 is 13.2 Å². The van der Waals surface area contributed by atoms with Gasteiger partial charge >= 0.3 is 0 Å². The number of nitrogens with zero attached hydrogens (tertiary/aromatic N) is 1. The molecule has 0 saturated heterocycles. The van der Waals surface area contributed by atoms with Crippen molar-refractivity contribution in [2.45, 2.75) is 42.0 Å². The number of fused-ring (bicyclic) bond motifs is 1. The summed E-state index contributed by atoms with van der Waals surface area (Å²) in [6.07, 6.45) is 7.33. The molecule has 0 spiro atoms. The maximum atomic E-state index is 12.4. The maximum Gasteiger partial charge on any atom is 0.242 e. The number of aromatic nitrogens is 1. The third-order valence-corrected chi connectivity index (χ3v) is 8.69. The summed E-state index contributed by atoms with van der Waals surface area (Å²) < 4.78 is 33.2. The van der Waals surface area contributed by atoms with Gasteiger partial charge in [0.15, 0.2) is 0 Å². The molecular weight excluding hydrogens is 470 g/mol. The van der Waals surface area contributed by atoms with Crippen LogP contribution in [0.3, 0.4) is 0 Å². The highest BCUT2D eigenvalue weighted by molar-refractivity contribution is 7.89. The topological polar surface area (TPSA) is 80.3 Å². The Labute approximate surface area is 205 Å². The second kappa shape index (κ2) is 9.66. The zero-order valence-corrected chi connectivity index (χ0v) is 20.4. The van der Waals surface area contributed by atoms with Crippen molar-refractivity contribution in [3.05, 3.63) is 88.7 Å². The minimum Gasteiger partial charge on any atom is -0.492 e. The summed E-state index contributed by atoms with van der Waals surface area (Å²) in [5.74, 6) is 0.749. The molecule has 2 aliphatic rings. The van der Waals surface area contributed by atoms with E-state index in [2.05, 4.69) is 39.3 Å². The van der Waals surface area contributed by atoms with Gasteiger partial charge in [0.25, 0.3) is 0 Å². The first-order valence-electron chi connectivity index (χ1n) is 11.6. The molecule has 5 rings (SSSR count). The summed E-state index contributed by atoms with van der Waals surface area (Å²) in [6.45, 7) is 1.35. The van der Waals surface area contributed by atoms with Crippen LogP contribution in [0.2, 0.25) is 5.02 Å². The fraction of sp³-hybridized carbons (Fsp3) is 0.346. The second-order valence-electron chi connectivity index (χ2n) is 8.95. The second-order valence-corrected chi connectivity index (χ2v) is 11.2. The smallest absolute Gasteiger partial charge is 0.242 e. The first-order valence-corrected chi connectivity index (χ1v) is 13.5. The third kappa shape index (κ3) is 4.58. The average Bonchev–Trinajstić information content (AvgIpc) is 2.83. The predicted octanol–water partition coefficient (Wildman–Crippen LogP) is 4.40. The van der Waals surface area contributed by atoms with Crippen molar-refractivity contribution in [1.82, 2.24) is 15.0 Å². The van der Waals surface area contributed by atoms with Crippen molar-refractivity contribution in [2.24, 2.45) is 0 Å². The molecule has 0 bridgehead atoms. The summed E-state index contributed by atoms with van der Waals surface area (Å²) in [4.78, 5) is 4.01. The Morgan fingerprint density at radius 3 is 2.68 bits per heavy atom. The van der Waals surface area contributed by atoms with Gasteiger partial charge in [-0.1, -0.05) is 36.2 Å². The van der Waals surface area contributed by atoms with E-state index in [1.54, 1.807) is 12.3 Å². The Balaban J connectivity index is 1.30. The molecule has 1 saturated carbocycles. The van der Waals surface area contributed by atoms with E-state index in [0.29, 0.717) is 0 Å². The molecule has 2 N–H and O–H groups in total. The van der Waals surface area contributed by atoms with Crippen LogP contribution >= 0.6 is 11.6 Å². The summed E-state index contributed by atoms with van der Waals surface area (Å²) in [5, 5.41) is 4.53. The van der Waals surface area contributed by atoms with Crippen molar-refractivity contribution in [3.8, 4) is 5.75 Å². The predicted molar refractivity (Wildman–Crippen MR) is 133 cm³/mol. The van der Waals surface area contributed by atoms with Gasteiger partial charge in [-0.2, -0.15) is 0 Å². The number of nitrogens with one attached hydrogen (secondary N) is 2. The lowest BCUT2D eigenvalue weighted by Crippen LogP contribution is -2.49. The van der Waals surface area contributed by atoms with E-state index in [-0.39, 0.29) is 29.5 Å². The largest absolute Gasteiger partial charge is 0.492 e. The van der Waals surface area contributed by atoms with Gasteiger partial charge < -0.3 is 10.1 Å². The fourth-order valence-corrected chi connectivity index (χ4v) is 6.23. The maximum absolute atomic E-state index is 12.4. The molecule has 1 aliphatic carbocycles. The van der Waals surface area contributed by atoms with E-state index < -0.39 is 10.0 Å². The summed E-state index contributed by atoms with van der Waals surface area (Å²) in [5.41, 5.74) is 3.99. The Morgan fingerprint density at radius 2 is 1.97 bits per heavy atom. The number of sulfonamides is 1. The number of halogens is 1. The molecule has 0 radical (unpaired) electrons. The third-order valence-electron chi connectivity index (χ3n) is 7.00. The Morgan fingerprint density at radius 1 is 1.15 bits per heavy atom. The molecule has 2 aromatic carbocycles. The lowest BCUT2D eigenvalue weighted by atomic mass is 9.58. The van der Waals surface area contributed by atoms with Crippen LogP contribution in [0.1, 0.15) is 42.0 Å². The van der Waals surface area contributed by atoms with Crippen molar-refractivity contribution in [3.63, 3.8) is 0 Å². The quantitative estimate of drug-likeness (QED) is 0.451. The van der Waals surface area contributed by atoms with Crippen LogP contribution < -0.4 is 14.8 Å². The number of ether oxygens (including phenoxy) is 1. The molecule has 6 nitrogen and oxygen atoms in total. The number of hydrogen-bond acceptors (Lipinski definition) is 5. The lowest BCUT2D eigenvalue weighted by Gasteiger charge is -2.50. The van der Waals surface area contributed by atoms with E-state index in [1.807, 2.05) is 18.2 Å². The summed E-state index contributed by atoms with van der Waals surface area (Å²) in [6, 6.07) is 17.8. The molecule has 1 atom stereocenters. The first kappa shape index (κ1) is 23.3. The van der Waals surface area contributed by atoms with E-state index in [1.165, 1.54) is 35.4 Å². The van der Waals surface area contributed by atoms with Crippen LogP contribution in [0.15, 0.2) is 71.9 Å². The van der Waals surface area contributed by atoms with Gasteiger partial charge in [0.1, 0.15) is 17.3 Å². The molecule has 3 aromatic rings. The van der Waals surface area contributed by atoms with Gasteiger partial charge in [-0.15, -0.1) is 0 Å². The highest BCUT2D eigenvalue weighted by atomic mass is 35.5. The lowest BCUT2D eigenvalue weighted by molar-refractivity contribution is 0.164. The first-order chi connectivity index (χ1) is 16.5. The normalized spacial score (nSPS) is 19.1. The summed E-state index contributed by atoms with van der Waals surface area (Å²) >= 11 is 6.16. The van der Waals surface area contributed by atoms with Crippen LogP contribution in [-0.2, 0) is 21.9 Å². The zero-order valence-electron chi connectivity index (χ0n) is 18.8. The van der Waals surface area contributed by atoms with Crippen LogP contribution in [0.5, 0.6) is 5.75 Å². The Bertz CT molecular complexity index is 1250. The standard InChI is InChI=1S/C26H28ClN3O3S/c27-21-7-5-20(6-8-21)26(11-2-12-26)25-24-17-22(9-4-19(24)10-14-29-25)33-16-15-30-34(31,32)23-3-1-13-28-18-23/h1,3-9,13,17-18,25,29-30H,2,10-12,14-16H2/t25-/m1/s1. The average molecular weight is 498 g/mol. The monoisotopic (exact) mass is 497 g/mol. The molecule has 0 amide bonds. The molecule has 0 unspecified atom stereocenters. The Hall–Kier alpha value is -2.45.